The number of carbonyl (C=O) groups excluding carboxylic acids is 2. The molecule has 4 rings (SSSR count). The second-order valence-corrected chi connectivity index (χ2v) is 7.53. The van der Waals surface area contributed by atoms with Gasteiger partial charge in [0.15, 0.2) is 0 Å². The molecule has 4 nitrogen and oxygen atoms in total. The quantitative estimate of drug-likeness (QED) is 0.655. The smallest absolute Gasteiger partial charge is 0.255 e. The zero-order valence-corrected chi connectivity index (χ0v) is 16.2. The van der Waals surface area contributed by atoms with Gasteiger partial charge in [0, 0.05) is 12.1 Å². The van der Waals surface area contributed by atoms with E-state index in [0.717, 1.165) is 5.56 Å². The predicted molar refractivity (Wildman–Crippen MR) is 113 cm³/mol. The molecule has 2 amide bonds. The van der Waals surface area contributed by atoms with Crippen molar-refractivity contribution in [1.29, 1.82) is 0 Å². The van der Waals surface area contributed by atoms with Gasteiger partial charge in [-0.3, -0.25) is 9.59 Å². The summed E-state index contributed by atoms with van der Waals surface area (Å²) in [6.07, 6.45) is 2.42. The number of nitrogens with zero attached hydrogens (tertiary/aromatic N) is 1. The standard InChI is InChI=1S/C25H24N2O2/c26-24(28)23(20-9-3-1-4-10-20)27(25(29)21-11-5-2-6-12-21)17-18-8-7-13-22(16-18)19-14-15-19/h1-13,16,19,23H,14-15,17H2,(H2,26,28)/t23-/m1/s1. The summed E-state index contributed by atoms with van der Waals surface area (Å²) in [4.78, 5) is 27.5. The number of rotatable bonds is 7. The van der Waals surface area contributed by atoms with Gasteiger partial charge in [-0.2, -0.15) is 0 Å². The highest BCUT2D eigenvalue weighted by atomic mass is 16.2. The largest absolute Gasteiger partial charge is 0.368 e. The molecule has 4 heteroatoms. The molecule has 0 saturated heterocycles. The van der Waals surface area contributed by atoms with Gasteiger partial charge >= 0.3 is 0 Å². The summed E-state index contributed by atoms with van der Waals surface area (Å²) in [5.74, 6) is -0.136. The van der Waals surface area contributed by atoms with Gasteiger partial charge < -0.3 is 10.6 Å². The molecule has 29 heavy (non-hydrogen) atoms. The third kappa shape index (κ3) is 4.37. The number of nitrogens with two attached hydrogens (primary N) is 1. The first-order chi connectivity index (χ1) is 14.1. The lowest BCUT2D eigenvalue weighted by Gasteiger charge is -2.30. The van der Waals surface area contributed by atoms with Crippen LogP contribution < -0.4 is 5.73 Å². The highest BCUT2D eigenvalue weighted by molar-refractivity contribution is 5.97. The van der Waals surface area contributed by atoms with E-state index in [1.165, 1.54) is 18.4 Å². The average molecular weight is 384 g/mol. The summed E-state index contributed by atoms with van der Waals surface area (Å²) in [5, 5.41) is 0. The molecule has 1 atom stereocenters. The SMILES string of the molecule is NC(=O)[C@@H](c1ccccc1)N(Cc1cccc(C2CC2)c1)C(=O)c1ccccc1. The van der Waals surface area contributed by atoms with Crippen LogP contribution >= 0.6 is 0 Å². The Balaban J connectivity index is 1.73. The molecule has 0 unspecified atom stereocenters. The lowest BCUT2D eigenvalue weighted by molar-refractivity contribution is -0.122. The normalized spacial score (nSPS) is 14.2. The van der Waals surface area contributed by atoms with E-state index in [4.69, 9.17) is 5.73 Å². The second-order valence-electron chi connectivity index (χ2n) is 7.53. The zero-order chi connectivity index (χ0) is 20.2. The number of carbonyl (C=O) groups is 2. The van der Waals surface area contributed by atoms with Crippen LogP contribution in [0.4, 0.5) is 0 Å². The topological polar surface area (TPSA) is 63.4 Å². The summed E-state index contributed by atoms with van der Waals surface area (Å²) in [7, 11) is 0. The molecule has 2 N–H and O–H groups in total. The van der Waals surface area contributed by atoms with Crippen LogP contribution in [0.5, 0.6) is 0 Å². The van der Waals surface area contributed by atoms with Crippen LogP contribution in [0.15, 0.2) is 84.9 Å². The average Bonchev–Trinajstić information content (AvgIpc) is 3.60. The number of primary amides is 1. The summed E-state index contributed by atoms with van der Waals surface area (Å²) in [5.41, 5.74) is 9.34. The zero-order valence-electron chi connectivity index (χ0n) is 16.2. The molecule has 0 radical (unpaired) electrons. The minimum absolute atomic E-state index is 0.213. The van der Waals surface area contributed by atoms with E-state index in [1.807, 2.05) is 60.7 Å². The molecule has 1 aliphatic carbocycles. The van der Waals surface area contributed by atoms with Crippen LogP contribution in [-0.4, -0.2) is 16.7 Å². The third-order valence-electron chi connectivity index (χ3n) is 5.33. The van der Waals surface area contributed by atoms with Crippen LogP contribution in [0.2, 0.25) is 0 Å². The van der Waals surface area contributed by atoms with Gasteiger partial charge in [0.2, 0.25) is 5.91 Å². The molecule has 0 aromatic heterocycles. The van der Waals surface area contributed by atoms with E-state index >= 15 is 0 Å². The molecule has 0 aliphatic heterocycles. The molecular weight excluding hydrogens is 360 g/mol. The molecule has 146 valence electrons. The second kappa shape index (κ2) is 8.31. The van der Waals surface area contributed by atoms with Crippen LogP contribution in [0, 0.1) is 0 Å². The molecule has 3 aromatic carbocycles. The number of hydrogen-bond acceptors (Lipinski definition) is 2. The Bertz CT molecular complexity index is 998. The first-order valence-corrected chi connectivity index (χ1v) is 9.92. The summed E-state index contributed by atoms with van der Waals surface area (Å²) in [6, 6.07) is 25.7. The minimum atomic E-state index is -0.839. The Hall–Kier alpha value is -3.40. The van der Waals surface area contributed by atoms with Crippen molar-refractivity contribution in [3.05, 3.63) is 107 Å². The van der Waals surface area contributed by atoms with Gasteiger partial charge in [0.05, 0.1) is 0 Å². The summed E-state index contributed by atoms with van der Waals surface area (Å²) >= 11 is 0. The van der Waals surface area contributed by atoms with Crippen molar-refractivity contribution in [2.75, 3.05) is 0 Å². The van der Waals surface area contributed by atoms with Crippen molar-refractivity contribution in [3.8, 4) is 0 Å². The van der Waals surface area contributed by atoms with Crippen LogP contribution in [-0.2, 0) is 11.3 Å². The van der Waals surface area contributed by atoms with E-state index in [9.17, 15) is 9.59 Å². The Morgan fingerprint density at radius 2 is 1.55 bits per heavy atom. The van der Waals surface area contributed by atoms with Crippen LogP contribution in [0.25, 0.3) is 0 Å². The van der Waals surface area contributed by atoms with Gasteiger partial charge in [-0.15, -0.1) is 0 Å². The van der Waals surface area contributed by atoms with Gasteiger partial charge in [-0.25, -0.2) is 0 Å². The van der Waals surface area contributed by atoms with E-state index in [0.29, 0.717) is 23.6 Å². The number of amides is 2. The maximum Gasteiger partial charge on any atom is 0.255 e. The van der Waals surface area contributed by atoms with E-state index in [2.05, 4.69) is 12.1 Å². The van der Waals surface area contributed by atoms with E-state index in [1.54, 1.807) is 17.0 Å². The number of benzene rings is 3. The van der Waals surface area contributed by atoms with Crippen molar-refractivity contribution in [2.24, 2.45) is 5.73 Å². The summed E-state index contributed by atoms with van der Waals surface area (Å²) in [6.45, 7) is 0.316. The summed E-state index contributed by atoms with van der Waals surface area (Å²) < 4.78 is 0. The molecular formula is C25H24N2O2. The van der Waals surface area contributed by atoms with Crippen molar-refractivity contribution >= 4 is 11.8 Å². The monoisotopic (exact) mass is 384 g/mol. The Kier molecular flexibility index (Phi) is 5.43. The molecule has 0 bridgehead atoms. The fourth-order valence-corrected chi connectivity index (χ4v) is 3.72. The van der Waals surface area contributed by atoms with Crippen molar-refractivity contribution in [3.63, 3.8) is 0 Å². The molecule has 1 aliphatic rings. The van der Waals surface area contributed by atoms with Crippen molar-refractivity contribution in [2.45, 2.75) is 31.3 Å². The fourth-order valence-electron chi connectivity index (χ4n) is 3.72. The minimum Gasteiger partial charge on any atom is -0.368 e. The lowest BCUT2D eigenvalue weighted by Crippen LogP contribution is -2.41. The maximum absolute atomic E-state index is 13.4. The van der Waals surface area contributed by atoms with Gasteiger partial charge in [-0.05, 0) is 47.6 Å². The Labute approximate surface area is 171 Å². The first-order valence-electron chi connectivity index (χ1n) is 9.92. The van der Waals surface area contributed by atoms with Crippen LogP contribution in [0.3, 0.4) is 0 Å². The fraction of sp³-hybridized carbons (Fsp3) is 0.200. The Morgan fingerprint density at radius 3 is 2.17 bits per heavy atom. The molecule has 0 heterocycles. The van der Waals surface area contributed by atoms with Gasteiger partial charge in [0.25, 0.3) is 5.91 Å². The highest BCUT2D eigenvalue weighted by Gasteiger charge is 2.31. The maximum atomic E-state index is 13.4. The van der Waals surface area contributed by atoms with Crippen molar-refractivity contribution in [1.82, 2.24) is 4.90 Å². The predicted octanol–water partition coefficient (Wildman–Crippen LogP) is 4.43. The lowest BCUT2D eigenvalue weighted by atomic mass is 10.0. The van der Waals surface area contributed by atoms with Crippen molar-refractivity contribution < 1.29 is 9.59 Å². The Morgan fingerprint density at radius 1 is 0.897 bits per heavy atom. The molecule has 1 saturated carbocycles. The molecule has 1 fully saturated rings. The van der Waals surface area contributed by atoms with E-state index in [-0.39, 0.29) is 5.91 Å². The van der Waals surface area contributed by atoms with Gasteiger partial charge in [0.1, 0.15) is 6.04 Å². The first kappa shape index (κ1) is 18.9. The van der Waals surface area contributed by atoms with E-state index < -0.39 is 11.9 Å². The highest BCUT2D eigenvalue weighted by Crippen LogP contribution is 2.40. The third-order valence-corrected chi connectivity index (χ3v) is 5.33. The van der Waals surface area contributed by atoms with Crippen LogP contribution in [0.1, 0.15) is 51.8 Å². The number of hydrogen-bond donors (Lipinski definition) is 1. The molecule has 0 spiro atoms. The molecule has 3 aromatic rings. The van der Waals surface area contributed by atoms with Gasteiger partial charge in [-0.1, -0.05) is 72.8 Å².